The van der Waals surface area contributed by atoms with Crippen LogP contribution in [0.25, 0.3) is 0 Å². The summed E-state index contributed by atoms with van der Waals surface area (Å²) in [6.45, 7) is 1.23. The lowest BCUT2D eigenvalue weighted by Crippen LogP contribution is -2.01. The SMILES string of the molecule is CC(F)c1cc(F)c(F)c(CCCC(=O)O)c1. The minimum absolute atomic E-state index is 0.0192. The maximum Gasteiger partial charge on any atom is 0.303 e. The van der Waals surface area contributed by atoms with Crippen molar-refractivity contribution in [2.75, 3.05) is 0 Å². The first kappa shape index (κ1) is 13.5. The molecule has 0 aliphatic carbocycles. The highest BCUT2D eigenvalue weighted by Gasteiger charge is 2.14. The van der Waals surface area contributed by atoms with Crippen molar-refractivity contribution in [3.63, 3.8) is 0 Å². The van der Waals surface area contributed by atoms with Crippen molar-refractivity contribution in [3.8, 4) is 0 Å². The number of alkyl halides is 1. The number of halogens is 3. The van der Waals surface area contributed by atoms with Crippen molar-refractivity contribution in [3.05, 3.63) is 34.9 Å². The van der Waals surface area contributed by atoms with Crippen LogP contribution in [-0.2, 0) is 11.2 Å². The van der Waals surface area contributed by atoms with Crippen molar-refractivity contribution in [1.29, 1.82) is 0 Å². The molecule has 5 heteroatoms. The Bertz CT molecular complexity index is 416. The van der Waals surface area contributed by atoms with Gasteiger partial charge in [-0.1, -0.05) is 0 Å². The lowest BCUT2D eigenvalue weighted by atomic mass is 10.0. The van der Waals surface area contributed by atoms with Crippen LogP contribution >= 0.6 is 0 Å². The zero-order chi connectivity index (χ0) is 13.0. The number of aliphatic carboxylic acids is 1. The van der Waals surface area contributed by atoms with Crippen LogP contribution in [0.4, 0.5) is 13.2 Å². The van der Waals surface area contributed by atoms with E-state index in [-0.39, 0.29) is 30.4 Å². The predicted octanol–water partition coefficient (Wildman–Crippen LogP) is 3.40. The third-order valence-electron chi connectivity index (χ3n) is 2.42. The number of benzene rings is 1. The third kappa shape index (κ3) is 3.76. The Kier molecular flexibility index (Phi) is 4.54. The Balaban J connectivity index is 2.86. The number of rotatable bonds is 5. The van der Waals surface area contributed by atoms with Gasteiger partial charge in [-0.3, -0.25) is 4.79 Å². The van der Waals surface area contributed by atoms with Crippen molar-refractivity contribution in [1.82, 2.24) is 0 Å². The van der Waals surface area contributed by atoms with Gasteiger partial charge in [0.05, 0.1) is 0 Å². The van der Waals surface area contributed by atoms with Crippen LogP contribution in [0.5, 0.6) is 0 Å². The lowest BCUT2D eigenvalue weighted by molar-refractivity contribution is -0.137. The fourth-order valence-corrected chi connectivity index (χ4v) is 1.51. The molecule has 0 saturated carbocycles. The van der Waals surface area contributed by atoms with Gasteiger partial charge in [-0.05, 0) is 43.0 Å². The van der Waals surface area contributed by atoms with E-state index in [2.05, 4.69) is 0 Å². The van der Waals surface area contributed by atoms with E-state index < -0.39 is 23.8 Å². The average molecular weight is 246 g/mol. The van der Waals surface area contributed by atoms with Crippen LogP contribution in [0.15, 0.2) is 12.1 Å². The van der Waals surface area contributed by atoms with Crippen LogP contribution < -0.4 is 0 Å². The predicted molar refractivity (Wildman–Crippen MR) is 56.5 cm³/mol. The van der Waals surface area contributed by atoms with Crippen molar-refractivity contribution < 1.29 is 23.1 Å². The summed E-state index contributed by atoms with van der Waals surface area (Å²) in [6, 6.07) is 2.06. The molecule has 0 saturated heterocycles. The Labute approximate surface area is 97.1 Å². The molecule has 1 aromatic carbocycles. The molecule has 17 heavy (non-hydrogen) atoms. The Morgan fingerprint density at radius 3 is 2.59 bits per heavy atom. The van der Waals surface area contributed by atoms with Gasteiger partial charge in [0.15, 0.2) is 11.6 Å². The highest BCUT2D eigenvalue weighted by molar-refractivity contribution is 5.66. The first-order valence-electron chi connectivity index (χ1n) is 5.25. The monoisotopic (exact) mass is 246 g/mol. The quantitative estimate of drug-likeness (QED) is 0.864. The summed E-state index contributed by atoms with van der Waals surface area (Å²) in [5.74, 6) is -3.13. The van der Waals surface area contributed by atoms with Gasteiger partial charge in [-0.25, -0.2) is 13.2 Å². The molecular formula is C12H13F3O2. The van der Waals surface area contributed by atoms with Gasteiger partial charge < -0.3 is 5.11 Å². The molecule has 0 spiro atoms. The number of carbonyl (C=O) groups is 1. The molecule has 1 aromatic rings. The van der Waals surface area contributed by atoms with Gasteiger partial charge in [-0.2, -0.15) is 0 Å². The number of carboxylic acid groups (broad SMARTS) is 1. The molecule has 1 rings (SSSR count). The fraction of sp³-hybridized carbons (Fsp3) is 0.417. The minimum atomic E-state index is -1.39. The number of aryl methyl sites for hydroxylation is 1. The standard InChI is InChI=1S/C12H13F3O2/c1-7(13)9-5-8(3-2-4-11(16)17)12(15)10(14)6-9/h5-7H,2-4H2,1H3,(H,16,17). The summed E-state index contributed by atoms with van der Waals surface area (Å²) in [7, 11) is 0. The van der Waals surface area contributed by atoms with Gasteiger partial charge in [0, 0.05) is 6.42 Å². The fourth-order valence-electron chi connectivity index (χ4n) is 1.51. The maximum atomic E-state index is 13.3. The van der Waals surface area contributed by atoms with Crippen LogP contribution in [0.1, 0.15) is 37.1 Å². The second-order valence-electron chi connectivity index (χ2n) is 3.84. The van der Waals surface area contributed by atoms with Crippen LogP contribution in [0, 0.1) is 11.6 Å². The van der Waals surface area contributed by atoms with Crippen molar-refractivity contribution in [2.45, 2.75) is 32.4 Å². The van der Waals surface area contributed by atoms with E-state index >= 15 is 0 Å². The summed E-state index contributed by atoms with van der Waals surface area (Å²) in [5.41, 5.74) is 0.0833. The number of hydrogen-bond donors (Lipinski definition) is 1. The maximum absolute atomic E-state index is 13.3. The Morgan fingerprint density at radius 1 is 1.41 bits per heavy atom. The molecule has 0 bridgehead atoms. The summed E-state index contributed by atoms with van der Waals surface area (Å²) >= 11 is 0. The summed E-state index contributed by atoms with van der Waals surface area (Å²) in [4.78, 5) is 10.3. The first-order chi connectivity index (χ1) is 7.91. The third-order valence-corrected chi connectivity index (χ3v) is 2.42. The van der Waals surface area contributed by atoms with E-state index in [1.54, 1.807) is 0 Å². The average Bonchev–Trinajstić information content (AvgIpc) is 2.23. The second-order valence-corrected chi connectivity index (χ2v) is 3.84. The van der Waals surface area contributed by atoms with Gasteiger partial charge in [0.25, 0.3) is 0 Å². The molecule has 0 heterocycles. The number of carboxylic acids is 1. The first-order valence-corrected chi connectivity index (χ1v) is 5.25. The summed E-state index contributed by atoms with van der Waals surface area (Å²) in [5, 5.41) is 8.43. The smallest absolute Gasteiger partial charge is 0.303 e. The van der Waals surface area contributed by atoms with E-state index in [9.17, 15) is 18.0 Å². The number of hydrogen-bond acceptors (Lipinski definition) is 1. The Morgan fingerprint density at radius 2 is 2.06 bits per heavy atom. The molecular weight excluding hydrogens is 233 g/mol. The van der Waals surface area contributed by atoms with Gasteiger partial charge in [0.2, 0.25) is 0 Å². The Hall–Kier alpha value is -1.52. The highest BCUT2D eigenvalue weighted by Crippen LogP contribution is 2.23. The molecule has 0 radical (unpaired) electrons. The molecule has 2 nitrogen and oxygen atoms in total. The molecule has 0 amide bonds. The zero-order valence-corrected chi connectivity index (χ0v) is 9.34. The molecule has 0 aliphatic heterocycles. The minimum Gasteiger partial charge on any atom is -0.481 e. The van der Waals surface area contributed by atoms with E-state index in [1.165, 1.54) is 13.0 Å². The highest BCUT2D eigenvalue weighted by atomic mass is 19.2. The molecule has 1 unspecified atom stereocenters. The lowest BCUT2D eigenvalue weighted by Gasteiger charge is -2.08. The zero-order valence-electron chi connectivity index (χ0n) is 9.34. The van der Waals surface area contributed by atoms with Crippen molar-refractivity contribution >= 4 is 5.97 Å². The van der Waals surface area contributed by atoms with E-state index in [1.807, 2.05) is 0 Å². The van der Waals surface area contributed by atoms with Crippen molar-refractivity contribution in [2.24, 2.45) is 0 Å². The largest absolute Gasteiger partial charge is 0.481 e. The van der Waals surface area contributed by atoms with Crippen LogP contribution in [0.2, 0.25) is 0 Å². The molecule has 1 N–H and O–H groups in total. The molecule has 0 aromatic heterocycles. The van der Waals surface area contributed by atoms with Crippen LogP contribution in [-0.4, -0.2) is 11.1 Å². The molecule has 0 fully saturated rings. The van der Waals surface area contributed by atoms with Gasteiger partial charge >= 0.3 is 5.97 Å². The van der Waals surface area contributed by atoms with E-state index in [4.69, 9.17) is 5.11 Å². The summed E-state index contributed by atoms with van der Waals surface area (Å²) < 4.78 is 39.4. The van der Waals surface area contributed by atoms with E-state index in [0.717, 1.165) is 6.07 Å². The normalized spacial score (nSPS) is 12.5. The molecule has 94 valence electrons. The summed E-state index contributed by atoms with van der Waals surface area (Å²) in [6.07, 6.45) is -1.25. The van der Waals surface area contributed by atoms with Crippen LogP contribution in [0.3, 0.4) is 0 Å². The molecule has 0 aliphatic rings. The topological polar surface area (TPSA) is 37.3 Å². The second kappa shape index (κ2) is 5.70. The van der Waals surface area contributed by atoms with Gasteiger partial charge in [-0.15, -0.1) is 0 Å². The molecule has 1 atom stereocenters. The van der Waals surface area contributed by atoms with E-state index in [0.29, 0.717) is 0 Å². The van der Waals surface area contributed by atoms with Gasteiger partial charge in [0.1, 0.15) is 6.17 Å².